The maximum absolute atomic E-state index is 14.0. The van der Waals surface area contributed by atoms with E-state index in [0.29, 0.717) is 36.5 Å². The number of thiophene rings is 1. The fourth-order valence-electron chi connectivity index (χ4n) is 6.41. The molecule has 2 atom stereocenters. The van der Waals surface area contributed by atoms with Crippen LogP contribution in [0.1, 0.15) is 59.1 Å². The summed E-state index contributed by atoms with van der Waals surface area (Å²) in [5.74, 6) is 0.0719. The lowest BCUT2D eigenvalue weighted by Gasteiger charge is -2.46. The standard InChI is InChI=1S/C38H28Cl4N4O2S/c1-21-27(35(42)46(44-21)26-7-5-4-6-8-26)15-9-22-17-28-29(20-43)37(49-34(28)38(2,3)19-22)45-32(23-10-12-24(39)13-11-23)33(36(45)47)48-31-16-14-25(40)18-30(31)41/h4-18,32-33H,19H2,1-3H3/b15-9+/t32-,33+/m1/s1. The van der Waals surface area contributed by atoms with Crippen LogP contribution in [0.4, 0.5) is 5.00 Å². The molecule has 1 amide bonds. The maximum atomic E-state index is 14.0. The van der Waals surface area contributed by atoms with Gasteiger partial charge in [-0.3, -0.25) is 9.69 Å². The third-order valence-electron chi connectivity index (χ3n) is 8.77. The van der Waals surface area contributed by atoms with E-state index in [1.54, 1.807) is 39.9 Å². The highest BCUT2D eigenvalue weighted by Gasteiger charge is 2.53. The van der Waals surface area contributed by atoms with Crippen LogP contribution in [0, 0.1) is 18.3 Å². The number of carbonyl (C=O) groups is 1. The summed E-state index contributed by atoms with van der Waals surface area (Å²) < 4.78 is 7.95. The Morgan fingerprint density at radius 3 is 2.41 bits per heavy atom. The molecule has 7 rings (SSSR count). The second kappa shape index (κ2) is 13.0. The lowest BCUT2D eigenvalue weighted by atomic mass is 9.77. The Morgan fingerprint density at radius 2 is 1.71 bits per heavy atom. The van der Waals surface area contributed by atoms with Crippen molar-refractivity contribution in [3.63, 3.8) is 0 Å². The highest BCUT2D eigenvalue weighted by molar-refractivity contribution is 7.17. The largest absolute Gasteiger partial charge is 0.476 e. The molecule has 0 radical (unpaired) electrons. The Morgan fingerprint density at radius 1 is 1.00 bits per heavy atom. The number of rotatable bonds is 7. The van der Waals surface area contributed by atoms with Crippen molar-refractivity contribution in [2.24, 2.45) is 0 Å². The van der Waals surface area contributed by atoms with Gasteiger partial charge in [-0.05, 0) is 79.1 Å². The van der Waals surface area contributed by atoms with Crippen LogP contribution in [0.2, 0.25) is 20.2 Å². The van der Waals surface area contributed by atoms with E-state index < -0.39 is 12.1 Å². The molecule has 11 heteroatoms. The molecule has 49 heavy (non-hydrogen) atoms. The molecule has 1 aliphatic heterocycles. The average Bonchev–Trinajstić information content (AvgIpc) is 3.58. The molecule has 1 aliphatic carbocycles. The van der Waals surface area contributed by atoms with Crippen molar-refractivity contribution >= 4 is 80.8 Å². The summed E-state index contributed by atoms with van der Waals surface area (Å²) in [5.41, 5.74) is 5.29. The summed E-state index contributed by atoms with van der Waals surface area (Å²) in [6.07, 6.45) is 5.91. The van der Waals surface area contributed by atoms with Crippen molar-refractivity contribution < 1.29 is 9.53 Å². The first-order valence-corrected chi connectivity index (χ1v) is 17.8. The van der Waals surface area contributed by atoms with Gasteiger partial charge in [0.2, 0.25) is 6.10 Å². The molecule has 0 bridgehead atoms. The summed E-state index contributed by atoms with van der Waals surface area (Å²) in [6.45, 7) is 6.24. The van der Waals surface area contributed by atoms with Gasteiger partial charge < -0.3 is 4.74 Å². The van der Waals surface area contributed by atoms with E-state index in [2.05, 4.69) is 25.0 Å². The van der Waals surface area contributed by atoms with Gasteiger partial charge in [-0.25, -0.2) is 4.68 Å². The normalized spacial score (nSPS) is 18.2. The van der Waals surface area contributed by atoms with Crippen LogP contribution in [0.5, 0.6) is 5.75 Å². The van der Waals surface area contributed by atoms with Crippen LogP contribution >= 0.6 is 57.7 Å². The minimum atomic E-state index is -0.877. The number of benzene rings is 3. The number of nitrogens with zero attached hydrogens (tertiary/aromatic N) is 4. The number of allylic oxidation sites excluding steroid dienone is 2. The quantitative estimate of drug-likeness (QED) is 0.156. The third-order valence-corrected chi connectivity index (χ3v) is 11.5. The molecule has 1 saturated heterocycles. The van der Waals surface area contributed by atoms with E-state index in [-0.39, 0.29) is 11.3 Å². The summed E-state index contributed by atoms with van der Waals surface area (Å²) in [6, 6.07) is 23.8. The van der Waals surface area contributed by atoms with Gasteiger partial charge in [-0.1, -0.05) is 96.7 Å². The number of ether oxygens (including phenoxy) is 1. The van der Waals surface area contributed by atoms with Crippen molar-refractivity contribution in [2.75, 3.05) is 4.90 Å². The van der Waals surface area contributed by atoms with Crippen LogP contribution in [-0.2, 0) is 10.2 Å². The summed E-state index contributed by atoms with van der Waals surface area (Å²) in [7, 11) is 0. The Hall–Kier alpha value is -4.03. The number of anilines is 1. The Balaban J connectivity index is 1.26. The summed E-state index contributed by atoms with van der Waals surface area (Å²) >= 11 is 27.0. The van der Waals surface area contributed by atoms with Gasteiger partial charge in [0.25, 0.3) is 5.91 Å². The number of fused-ring (bicyclic) bond motifs is 1. The molecule has 3 aromatic carbocycles. The van der Waals surface area contributed by atoms with E-state index in [1.807, 2.05) is 67.6 Å². The molecule has 2 aromatic heterocycles. The molecule has 3 heterocycles. The number of halogens is 4. The van der Waals surface area contributed by atoms with Crippen molar-refractivity contribution in [3.8, 4) is 17.5 Å². The van der Waals surface area contributed by atoms with Crippen molar-refractivity contribution in [1.82, 2.24) is 9.78 Å². The topological polar surface area (TPSA) is 71.2 Å². The summed E-state index contributed by atoms with van der Waals surface area (Å²) in [4.78, 5) is 16.7. The Bertz CT molecular complexity index is 2210. The number of β-lactam (4-membered cyclic amide) rings is 1. The van der Waals surface area contributed by atoms with E-state index in [9.17, 15) is 10.1 Å². The predicted molar refractivity (Wildman–Crippen MR) is 200 cm³/mol. The SMILES string of the molecule is Cc1nn(-c2ccccc2)c(Cl)c1/C=C/C1=Cc2c(sc(N3C(=O)[C@@H](Oc4ccc(Cl)cc4Cl)[C@H]3c3ccc(Cl)cc3)c2C#N)C(C)(C)C1. The number of carbonyl (C=O) groups excluding carboxylic acids is 1. The van der Waals surface area contributed by atoms with Crippen LogP contribution in [0.15, 0.2) is 84.4 Å². The van der Waals surface area contributed by atoms with Gasteiger partial charge in [0.1, 0.15) is 28.0 Å². The Labute approximate surface area is 308 Å². The van der Waals surface area contributed by atoms with Crippen LogP contribution in [0.25, 0.3) is 17.8 Å². The van der Waals surface area contributed by atoms with Crippen molar-refractivity contribution in [2.45, 2.75) is 44.8 Å². The van der Waals surface area contributed by atoms with Crippen molar-refractivity contribution in [1.29, 1.82) is 5.26 Å². The lowest BCUT2D eigenvalue weighted by molar-refractivity contribution is -0.134. The molecule has 246 valence electrons. The van der Waals surface area contributed by atoms with Gasteiger partial charge in [-0.2, -0.15) is 10.4 Å². The average molecular weight is 747 g/mol. The van der Waals surface area contributed by atoms with E-state index in [4.69, 9.17) is 51.1 Å². The van der Waals surface area contributed by atoms with E-state index in [0.717, 1.165) is 44.9 Å². The number of aromatic nitrogens is 2. The zero-order valence-corrected chi connectivity index (χ0v) is 30.4. The number of nitriles is 1. The van der Waals surface area contributed by atoms with Crippen molar-refractivity contribution in [3.05, 3.63) is 137 Å². The Kier molecular flexibility index (Phi) is 8.89. The highest BCUT2D eigenvalue weighted by Crippen LogP contribution is 2.53. The minimum Gasteiger partial charge on any atom is -0.476 e. The first kappa shape index (κ1) is 33.5. The number of para-hydroxylation sites is 1. The van der Waals surface area contributed by atoms with E-state index in [1.165, 1.54) is 11.3 Å². The van der Waals surface area contributed by atoms with Gasteiger partial charge in [0.15, 0.2) is 0 Å². The molecule has 6 nitrogen and oxygen atoms in total. The fraction of sp³-hybridized carbons (Fsp3) is 0.184. The molecular formula is C38H28Cl4N4O2S. The number of hydrogen-bond donors (Lipinski definition) is 0. The molecule has 0 saturated carbocycles. The van der Waals surface area contributed by atoms with Gasteiger partial charge in [-0.15, -0.1) is 11.3 Å². The van der Waals surface area contributed by atoms with Crippen LogP contribution in [-0.4, -0.2) is 21.8 Å². The number of aryl methyl sites for hydroxylation is 1. The molecule has 0 unspecified atom stereocenters. The van der Waals surface area contributed by atoms with Gasteiger partial charge >= 0.3 is 0 Å². The molecule has 5 aromatic rings. The molecule has 0 N–H and O–H groups in total. The smallest absolute Gasteiger partial charge is 0.272 e. The van der Waals surface area contributed by atoms with E-state index >= 15 is 0 Å². The van der Waals surface area contributed by atoms with Crippen LogP contribution in [0.3, 0.4) is 0 Å². The molecule has 1 fully saturated rings. The second-order valence-electron chi connectivity index (χ2n) is 12.6. The highest BCUT2D eigenvalue weighted by atomic mass is 35.5. The summed E-state index contributed by atoms with van der Waals surface area (Å²) in [5, 5.41) is 17.7. The molecular weight excluding hydrogens is 718 g/mol. The molecule has 2 aliphatic rings. The molecule has 0 spiro atoms. The maximum Gasteiger partial charge on any atom is 0.272 e. The van der Waals surface area contributed by atoms with Gasteiger partial charge in [0, 0.05) is 31.5 Å². The predicted octanol–water partition coefficient (Wildman–Crippen LogP) is 11.0. The van der Waals surface area contributed by atoms with Crippen LogP contribution < -0.4 is 9.64 Å². The zero-order chi connectivity index (χ0) is 34.6. The minimum absolute atomic E-state index is 0.275. The fourth-order valence-corrected chi connectivity index (χ4v) is 8.70. The number of amides is 1. The lowest BCUT2D eigenvalue weighted by Crippen LogP contribution is -2.61. The van der Waals surface area contributed by atoms with Gasteiger partial charge in [0.05, 0.1) is 22.0 Å². The zero-order valence-electron chi connectivity index (χ0n) is 26.5. The first-order chi connectivity index (χ1) is 23.5. The first-order valence-electron chi connectivity index (χ1n) is 15.4. The second-order valence-corrected chi connectivity index (χ2v) is 15.2. The monoisotopic (exact) mass is 744 g/mol. The third kappa shape index (κ3) is 6.07. The number of hydrogen-bond acceptors (Lipinski definition) is 5.